The van der Waals surface area contributed by atoms with Crippen LogP contribution >= 0.6 is 11.6 Å². The van der Waals surface area contributed by atoms with Gasteiger partial charge in [0.15, 0.2) is 11.6 Å². The highest BCUT2D eigenvalue weighted by Gasteiger charge is 2.11. The van der Waals surface area contributed by atoms with E-state index in [9.17, 15) is 9.18 Å². The van der Waals surface area contributed by atoms with Gasteiger partial charge >= 0.3 is 0 Å². The van der Waals surface area contributed by atoms with E-state index in [-0.39, 0.29) is 11.3 Å². The largest absolute Gasteiger partial charge is 0.489 e. The lowest BCUT2D eigenvalue weighted by molar-refractivity contribution is 0.108. The van der Waals surface area contributed by atoms with Gasteiger partial charge in [-0.3, -0.25) is 9.69 Å². The summed E-state index contributed by atoms with van der Waals surface area (Å²) in [4.78, 5) is 13.3. The predicted octanol–water partition coefficient (Wildman–Crippen LogP) is 3.46. The van der Waals surface area contributed by atoms with Crippen molar-refractivity contribution in [3.05, 3.63) is 29.6 Å². The number of hydrogen-bond acceptors (Lipinski definition) is 3. The molecule has 0 saturated carbocycles. The Hall–Kier alpha value is -1.13. The summed E-state index contributed by atoms with van der Waals surface area (Å²) in [7, 11) is 0. The van der Waals surface area contributed by atoms with Crippen LogP contribution in [0.2, 0.25) is 0 Å². The van der Waals surface area contributed by atoms with Gasteiger partial charge in [-0.05, 0) is 55.7 Å². The number of carbonyl (C=O) groups excluding carboxylic acids is 1. The van der Waals surface area contributed by atoms with E-state index >= 15 is 0 Å². The molecule has 1 aliphatic heterocycles. The molecule has 0 radical (unpaired) electrons. The topological polar surface area (TPSA) is 29.5 Å². The van der Waals surface area contributed by atoms with E-state index in [1.807, 2.05) is 0 Å². The Morgan fingerprint density at radius 3 is 2.55 bits per heavy atom. The molecule has 1 aromatic rings. The van der Waals surface area contributed by atoms with Crippen molar-refractivity contribution in [1.82, 2.24) is 4.90 Å². The number of carbonyl (C=O) groups is 1. The van der Waals surface area contributed by atoms with Gasteiger partial charge in [0.25, 0.3) is 5.24 Å². The van der Waals surface area contributed by atoms with Crippen molar-refractivity contribution in [2.45, 2.75) is 25.7 Å². The molecule has 0 atom stereocenters. The summed E-state index contributed by atoms with van der Waals surface area (Å²) < 4.78 is 19.1. The average Bonchev–Trinajstić information content (AvgIpc) is 2.69. The SMILES string of the molecule is O=C(Cl)c1ccc(OCCN2CCCCCC2)c(F)c1. The van der Waals surface area contributed by atoms with Crippen LogP contribution in [0.5, 0.6) is 5.75 Å². The third-order valence-corrected chi connectivity index (χ3v) is 3.74. The van der Waals surface area contributed by atoms with E-state index in [0.29, 0.717) is 6.61 Å². The normalized spacial score (nSPS) is 16.7. The minimum Gasteiger partial charge on any atom is -0.489 e. The first-order chi connectivity index (χ1) is 9.66. The highest BCUT2D eigenvalue weighted by Crippen LogP contribution is 2.19. The summed E-state index contributed by atoms with van der Waals surface area (Å²) in [6.45, 7) is 3.43. The van der Waals surface area contributed by atoms with Crippen molar-refractivity contribution in [3.63, 3.8) is 0 Å². The van der Waals surface area contributed by atoms with Crippen LogP contribution in [0.25, 0.3) is 0 Å². The zero-order chi connectivity index (χ0) is 14.4. The molecular weight excluding hydrogens is 281 g/mol. The molecule has 5 heteroatoms. The Balaban J connectivity index is 1.83. The number of rotatable bonds is 5. The Bertz CT molecular complexity index is 459. The summed E-state index contributed by atoms with van der Waals surface area (Å²) in [6, 6.07) is 4.03. The maximum Gasteiger partial charge on any atom is 0.252 e. The molecule has 0 bridgehead atoms. The van der Waals surface area contributed by atoms with Gasteiger partial charge < -0.3 is 4.74 Å². The lowest BCUT2D eigenvalue weighted by atomic mass is 10.2. The molecule has 0 unspecified atom stereocenters. The van der Waals surface area contributed by atoms with Gasteiger partial charge in [-0.25, -0.2) is 4.39 Å². The molecule has 20 heavy (non-hydrogen) atoms. The number of halogens is 2. The fourth-order valence-electron chi connectivity index (χ4n) is 2.38. The summed E-state index contributed by atoms with van der Waals surface area (Å²) in [6.07, 6.45) is 5.03. The summed E-state index contributed by atoms with van der Waals surface area (Å²) >= 11 is 5.30. The molecule has 0 spiro atoms. The van der Waals surface area contributed by atoms with Gasteiger partial charge in [0.1, 0.15) is 6.61 Å². The van der Waals surface area contributed by atoms with Crippen LogP contribution in [-0.2, 0) is 0 Å². The Morgan fingerprint density at radius 2 is 1.95 bits per heavy atom. The van der Waals surface area contributed by atoms with E-state index in [2.05, 4.69) is 4.90 Å². The van der Waals surface area contributed by atoms with Gasteiger partial charge in [-0.2, -0.15) is 0 Å². The van der Waals surface area contributed by atoms with Crippen LogP contribution in [0.15, 0.2) is 18.2 Å². The van der Waals surface area contributed by atoms with Crippen molar-refractivity contribution in [1.29, 1.82) is 0 Å². The zero-order valence-corrected chi connectivity index (χ0v) is 12.2. The Morgan fingerprint density at radius 1 is 1.25 bits per heavy atom. The third-order valence-electron chi connectivity index (χ3n) is 3.52. The van der Waals surface area contributed by atoms with Crippen LogP contribution in [0.1, 0.15) is 36.0 Å². The summed E-state index contributed by atoms with van der Waals surface area (Å²) in [5.74, 6) is -0.381. The van der Waals surface area contributed by atoms with E-state index in [1.54, 1.807) is 0 Å². The second kappa shape index (κ2) is 7.60. The van der Waals surface area contributed by atoms with E-state index in [0.717, 1.165) is 25.7 Å². The first-order valence-electron chi connectivity index (χ1n) is 7.01. The minimum absolute atomic E-state index is 0.143. The van der Waals surface area contributed by atoms with Crippen molar-refractivity contribution in [2.75, 3.05) is 26.2 Å². The van der Waals surface area contributed by atoms with Crippen molar-refractivity contribution >= 4 is 16.8 Å². The van der Waals surface area contributed by atoms with Crippen LogP contribution in [0, 0.1) is 5.82 Å². The van der Waals surface area contributed by atoms with Crippen LogP contribution in [0.4, 0.5) is 4.39 Å². The third kappa shape index (κ3) is 4.46. The summed E-state index contributed by atoms with van der Waals surface area (Å²) in [5, 5.41) is -0.667. The molecule has 3 nitrogen and oxygen atoms in total. The van der Waals surface area contributed by atoms with Crippen LogP contribution < -0.4 is 4.74 Å². The second-order valence-electron chi connectivity index (χ2n) is 5.02. The molecule has 2 rings (SSSR count). The molecule has 1 fully saturated rings. The molecule has 110 valence electrons. The highest BCUT2D eigenvalue weighted by atomic mass is 35.5. The van der Waals surface area contributed by atoms with E-state index in [4.69, 9.17) is 16.3 Å². The zero-order valence-electron chi connectivity index (χ0n) is 11.4. The standard InChI is InChI=1S/C15H19ClFNO2/c16-15(19)12-5-6-14(13(17)11-12)20-10-9-18-7-3-1-2-4-8-18/h5-6,11H,1-4,7-10H2. The maximum absolute atomic E-state index is 13.7. The molecule has 1 aromatic carbocycles. The first kappa shape index (κ1) is 15.3. The van der Waals surface area contributed by atoms with Crippen molar-refractivity contribution in [3.8, 4) is 5.75 Å². The molecular formula is C15H19ClFNO2. The number of ether oxygens (including phenoxy) is 1. The average molecular weight is 300 g/mol. The highest BCUT2D eigenvalue weighted by molar-refractivity contribution is 6.67. The van der Waals surface area contributed by atoms with Gasteiger partial charge in [0.05, 0.1) is 0 Å². The van der Waals surface area contributed by atoms with Crippen LogP contribution in [-0.4, -0.2) is 36.4 Å². The fraction of sp³-hybridized carbons (Fsp3) is 0.533. The molecule has 0 aliphatic carbocycles. The minimum atomic E-state index is -0.667. The quantitative estimate of drug-likeness (QED) is 0.780. The molecule has 0 N–H and O–H groups in total. The second-order valence-corrected chi connectivity index (χ2v) is 5.37. The first-order valence-corrected chi connectivity index (χ1v) is 7.39. The smallest absolute Gasteiger partial charge is 0.252 e. The lowest BCUT2D eigenvalue weighted by Gasteiger charge is -2.19. The molecule has 0 aromatic heterocycles. The molecule has 1 saturated heterocycles. The van der Waals surface area contributed by atoms with Crippen LogP contribution in [0.3, 0.4) is 0 Å². The Kier molecular flexibility index (Phi) is 5.80. The van der Waals surface area contributed by atoms with Gasteiger partial charge in [0.2, 0.25) is 0 Å². The van der Waals surface area contributed by atoms with Gasteiger partial charge in [-0.1, -0.05) is 12.8 Å². The van der Waals surface area contributed by atoms with Crippen molar-refractivity contribution in [2.24, 2.45) is 0 Å². The lowest BCUT2D eigenvalue weighted by Crippen LogP contribution is -2.29. The van der Waals surface area contributed by atoms with Crippen molar-refractivity contribution < 1.29 is 13.9 Å². The Labute approximate surface area is 123 Å². The van der Waals surface area contributed by atoms with Gasteiger partial charge in [-0.15, -0.1) is 0 Å². The molecule has 1 heterocycles. The number of benzene rings is 1. The number of hydrogen-bond donors (Lipinski definition) is 0. The van der Waals surface area contributed by atoms with E-state index < -0.39 is 11.1 Å². The number of likely N-dealkylation sites (tertiary alicyclic amines) is 1. The maximum atomic E-state index is 13.7. The monoisotopic (exact) mass is 299 g/mol. The summed E-state index contributed by atoms with van der Waals surface area (Å²) in [5.41, 5.74) is 0.143. The predicted molar refractivity (Wildman–Crippen MR) is 77.0 cm³/mol. The molecule has 1 aliphatic rings. The molecule has 0 amide bonds. The van der Waals surface area contributed by atoms with E-state index in [1.165, 1.54) is 37.8 Å². The fourth-order valence-corrected chi connectivity index (χ4v) is 2.50. The van der Waals surface area contributed by atoms with Gasteiger partial charge in [0, 0.05) is 12.1 Å². The number of nitrogens with zero attached hydrogens (tertiary/aromatic N) is 1.